The Morgan fingerprint density at radius 3 is 3.00 bits per heavy atom. The van der Waals surface area contributed by atoms with Crippen molar-refractivity contribution in [1.82, 2.24) is 15.2 Å². The number of hydrogen-bond donors (Lipinski definition) is 2. The minimum absolute atomic E-state index is 0.345. The van der Waals surface area contributed by atoms with Crippen LogP contribution in [0.3, 0.4) is 0 Å². The molecule has 1 aromatic heterocycles. The molecule has 1 aliphatic heterocycles. The van der Waals surface area contributed by atoms with Gasteiger partial charge < -0.3 is 15.2 Å². The molecule has 0 aromatic carbocycles. The van der Waals surface area contributed by atoms with Crippen LogP contribution in [0.4, 0.5) is 0 Å². The molecule has 2 N–H and O–H groups in total. The van der Waals surface area contributed by atoms with E-state index in [-0.39, 0.29) is 6.10 Å². The molecule has 5 heteroatoms. The van der Waals surface area contributed by atoms with Crippen LogP contribution in [0.25, 0.3) is 0 Å². The first-order chi connectivity index (χ1) is 9.25. The summed E-state index contributed by atoms with van der Waals surface area (Å²) in [6, 6.07) is 3.99. The number of pyridine rings is 1. The Morgan fingerprint density at radius 2 is 2.26 bits per heavy atom. The third kappa shape index (κ3) is 4.87. The molecule has 1 aliphatic rings. The van der Waals surface area contributed by atoms with Crippen molar-refractivity contribution in [2.45, 2.75) is 19.6 Å². The lowest BCUT2D eigenvalue weighted by atomic mass is 10.2. The van der Waals surface area contributed by atoms with Crippen LogP contribution in [0.5, 0.6) is 0 Å². The summed E-state index contributed by atoms with van der Waals surface area (Å²) in [6.45, 7) is 7.42. The summed E-state index contributed by atoms with van der Waals surface area (Å²) in [6.07, 6.45) is 1.45. The fourth-order valence-electron chi connectivity index (χ4n) is 2.21. The Labute approximate surface area is 114 Å². The lowest BCUT2D eigenvalue weighted by Gasteiger charge is -2.28. The maximum absolute atomic E-state index is 9.98. The first kappa shape index (κ1) is 14.4. The van der Waals surface area contributed by atoms with Gasteiger partial charge in [-0.05, 0) is 18.6 Å². The van der Waals surface area contributed by atoms with E-state index in [1.165, 1.54) is 5.56 Å². The minimum Gasteiger partial charge on any atom is -0.390 e. The fraction of sp³-hybridized carbons (Fsp3) is 0.643. The molecular weight excluding hydrogens is 242 g/mol. The van der Waals surface area contributed by atoms with E-state index in [1.54, 1.807) is 6.20 Å². The fourth-order valence-corrected chi connectivity index (χ4v) is 2.21. The zero-order valence-corrected chi connectivity index (χ0v) is 11.5. The maximum atomic E-state index is 9.98. The molecule has 5 nitrogen and oxygen atoms in total. The maximum Gasteiger partial charge on any atom is 0.0791 e. The third-order valence-corrected chi connectivity index (χ3v) is 3.36. The van der Waals surface area contributed by atoms with Gasteiger partial charge in [-0.15, -0.1) is 0 Å². The molecule has 0 aliphatic carbocycles. The second kappa shape index (κ2) is 7.55. The quantitative estimate of drug-likeness (QED) is 0.768. The van der Waals surface area contributed by atoms with Gasteiger partial charge in [-0.25, -0.2) is 0 Å². The van der Waals surface area contributed by atoms with Crippen LogP contribution in [0.2, 0.25) is 0 Å². The largest absolute Gasteiger partial charge is 0.390 e. The SMILES string of the molecule is Cc1cccnc1CNCC(O)CN1CCOCC1. The average Bonchev–Trinajstić information content (AvgIpc) is 2.42. The van der Waals surface area contributed by atoms with Gasteiger partial charge in [0.25, 0.3) is 0 Å². The smallest absolute Gasteiger partial charge is 0.0791 e. The van der Waals surface area contributed by atoms with Gasteiger partial charge in [0.1, 0.15) is 0 Å². The number of morpholine rings is 1. The zero-order chi connectivity index (χ0) is 13.5. The number of rotatable bonds is 6. The minimum atomic E-state index is -0.345. The number of nitrogens with one attached hydrogen (secondary N) is 1. The molecular formula is C14H23N3O2. The van der Waals surface area contributed by atoms with E-state index >= 15 is 0 Å². The molecule has 2 heterocycles. The number of aromatic nitrogens is 1. The second-order valence-corrected chi connectivity index (χ2v) is 4.96. The summed E-state index contributed by atoms with van der Waals surface area (Å²) in [4.78, 5) is 6.56. The van der Waals surface area contributed by atoms with Crippen LogP contribution in [-0.4, -0.2) is 60.5 Å². The summed E-state index contributed by atoms with van der Waals surface area (Å²) in [5.74, 6) is 0. The van der Waals surface area contributed by atoms with Crippen LogP contribution < -0.4 is 5.32 Å². The lowest BCUT2D eigenvalue weighted by molar-refractivity contribution is 0.0149. The number of aliphatic hydroxyl groups excluding tert-OH is 1. The van der Waals surface area contributed by atoms with E-state index in [0.29, 0.717) is 19.6 Å². The van der Waals surface area contributed by atoms with E-state index < -0.39 is 0 Å². The van der Waals surface area contributed by atoms with Crippen LogP contribution >= 0.6 is 0 Å². The van der Waals surface area contributed by atoms with Gasteiger partial charge in [0.05, 0.1) is 25.0 Å². The van der Waals surface area contributed by atoms with Crippen LogP contribution in [0.1, 0.15) is 11.3 Å². The molecule has 2 rings (SSSR count). The van der Waals surface area contributed by atoms with E-state index in [1.807, 2.05) is 19.1 Å². The van der Waals surface area contributed by atoms with Crippen molar-refractivity contribution in [2.75, 3.05) is 39.4 Å². The standard InChI is InChI=1S/C14H23N3O2/c1-12-3-2-4-16-14(12)10-15-9-13(18)11-17-5-7-19-8-6-17/h2-4,13,15,18H,5-11H2,1H3. The second-order valence-electron chi connectivity index (χ2n) is 4.96. The first-order valence-corrected chi connectivity index (χ1v) is 6.85. The normalized spacial score (nSPS) is 18.4. The Bertz CT molecular complexity index is 381. The van der Waals surface area contributed by atoms with Gasteiger partial charge in [-0.1, -0.05) is 6.07 Å². The number of hydrogen-bond acceptors (Lipinski definition) is 5. The highest BCUT2D eigenvalue weighted by Crippen LogP contribution is 2.02. The summed E-state index contributed by atoms with van der Waals surface area (Å²) in [5.41, 5.74) is 2.22. The van der Waals surface area contributed by atoms with Gasteiger partial charge >= 0.3 is 0 Å². The Morgan fingerprint density at radius 1 is 1.47 bits per heavy atom. The highest BCUT2D eigenvalue weighted by atomic mass is 16.5. The molecule has 0 spiro atoms. The van der Waals surface area contributed by atoms with Crippen molar-refractivity contribution >= 4 is 0 Å². The third-order valence-electron chi connectivity index (χ3n) is 3.36. The predicted octanol–water partition coefficient (Wildman–Crippen LogP) is 0.173. The van der Waals surface area contributed by atoms with Gasteiger partial charge in [-0.2, -0.15) is 0 Å². The van der Waals surface area contributed by atoms with E-state index in [2.05, 4.69) is 15.2 Å². The number of aryl methyl sites for hydroxylation is 1. The monoisotopic (exact) mass is 265 g/mol. The number of aliphatic hydroxyl groups is 1. The Kier molecular flexibility index (Phi) is 5.72. The summed E-state index contributed by atoms with van der Waals surface area (Å²) in [7, 11) is 0. The average molecular weight is 265 g/mol. The summed E-state index contributed by atoms with van der Waals surface area (Å²) >= 11 is 0. The highest BCUT2D eigenvalue weighted by Gasteiger charge is 2.14. The predicted molar refractivity (Wildman–Crippen MR) is 73.9 cm³/mol. The highest BCUT2D eigenvalue weighted by molar-refractivity contribution is 5.17. The molecule has 1 fully saturated rings. The van der Waals surface area contributed by atoms with Gasteiger partial charge in [-0.3, -0.25) is 9.88 Å². The molecule has 19 heavy (non-hydrogen) atoms. The molecule has 1 saturated heterocycles. The number of nitrogens with zero attached hydrogens (tertiary/aromatic N) is 2. The van der Waals surface area contributed by atoms with Gasteiger partial charge in [0.15, 0.2) is 0 Å². The van der Waals surface area contributed by atoms with Crippen molar-refractivity contribution in [3.8, 4) is 0 Å². The first-order valence-electron chi connectivity index (χ1n) is 6.85. The topological polar surface area (TPSA) is 57.6 Å². The van der Waals surface area contributed by atoms with Gasteiger partial charge in [0.2, 0.25) is 0 Å². The van der Waals surface area contributed by atoms with Crippen molar-refractivity contribution in [3.63, 3.8) is 0 Å². The van der Waals surface area contributed by atoms with Crippen molar-refractivity contribution in [3.05, 3.63) is 29.6 Å². The van der Waals surface area contributed by atoms with Crippen LogP contribution in [0, 0.1) is 6.92 Å². The van der Waals surface area contributed by atoms with Crippen LogP contribution in [0.15, 0.2) is 18.3 Å². The van der Waals surface area contributed by atoms with Crippen molar-refractivity contribution < 1.29 is 9.84 Å². The molecule has 0 bridgehead atoms. The van der Waals surface area contributed by atoms with E-state index in [9.17, 15) is 5.11 Å². The number of ether oxygens (including phenoxy) is 1. The summed E-state index contributed by atoms with van der Waals surface area (Å²) < 4.78 is 5.29. The molecule has 1 unspecified atom stereocenters. The molecule has 1 aromatic rings. The molecule has 1 atom stereocenters. The lowest BCUT2D eigenvalue weighted by Crippen LogP contribution is -2.43. The summed E-state index contributed by atoms with van der Waals surface area (Å²) in [5, 5.41) is 13.2. The Balaban J connectivity index is 1.66. The van der Waals surface area contributed by atoms with E-state index in [0.717, 1.165) is 32.0 Å². The molecule has 0 saturated carbocycles. The number of β-amino-alcohol motifs (C(OH)–C–C–N with tert-alkyl or cyclic N) is 1. The van der Waals surface area contributed by atoms with Crippen molar-refractivity contribution in [1.29, 1.82) is 0 Å². The van der Waals surface area contributed by atoms with Gasteiger partial charge in [0, 0.05) is 38.9 Å². The molecule has 0 radical (unpaired) electrons. The van der Waals surface area contributed by atoms with Crippen molar-refractivity contribution in [2.24, 2.45) is 0 Å². The van der Waals surface area contributed by atoms with E-state index in [4.69, 9.17) is 4.74 Å². The Hall–Kier alpha value is -1.01. The van der Waals surface area contributed by atoms with Crippen LogP contribution in [-0.2, 0) is 11.3 Å². The zero-order valence-electron chi connectivity index (χ0n) is 11.5. The molecule has 106 valence electrons. The molecule has 0 amide bonds.